The summed E-state index contributed by atoms with van der Waals surface area (Å²) in [7, 11) is 0. The van der Waals surface area contributed by atoms with E-state index in [1.165, 1.54) is 0 Å². The summed E-state index contributed by atoms with van der Waals surface area (Å²) in [5, 5.41) is 54.4. The van der Waals surface area contributed by atoms with E-state index >= 15 is 0 Å². The van der Waals surface area contributed by atoms with Crippen LogP contribution in [-0.4, -0.2) is 141 Å². The van der Waals surface area contributed by atoms with Crippen molar-refractivity contribution in [3.8, 4) is 0 Å². The number of carbonyl (C=O) groups excluding carboxylic acids is 7. The number of hydroxylamine groups is 2. The van der Waals surface area contributed by atoms with E-state index in [1.807, 2.05) is 0 Å². The Bertz CT molecular complexity index is 1740. The summed E-state index contributed by atoms with van der Waals surface area (Å²) >= 11 is 0. The number of benzene rings is 1. The molecular weight excluding hydrogens is 851 g/mol. The molecule has 9 atom stereocenters. The SMILES string of the molecule is CC[C@H](C)[C@H](NC(=O)[C@@H](N)CO)C(=O)N[C@H](C(=O)N(O)CC(=O)N[C@@H](Cc1ccccc1)C(=O)N[C@@H](CCC(=O)O)C(=O)N[C@@H](CCCCN)C(=O)N[C@@H](CC(C)C)C(=O)O)[C@@H](C)CC. The molecule has 1 rings (SSSR count). The van der Waals surface area contributed by atoms with E-state index in [4.69, 9.17) is 11.5 Å². The van der Waals surface area contributed by atoms with Crippen molar-refractivity contribution in [3.05, 3.63) is 35.9 Å². The number of nitrogens with one attached hydrogen (secondary N) is 6. The molecule has 1 aromatic rings. The smallest absolute Gasteiger partial charge is 0.326 e. The van der Waals surface area contributed by atoms with Crippen molar-refractivity contribution in [1.29, 1.82) is 0 Å². The van der Waals surface area contributed by atoms with Crippen LogP contribution in [0.2, 0.25) is 0 Å². The van der Waals surface area contributed by atoms with Gasteiger partial charge in [0.05, 0.1) is 6.61 Å². The maximum atomic E-state index is 14.0. The fourth-order valence-electron chi connectivity index (χ4n) is 6.45. The molecule has 0 spiro atoms. The lowest BCUT2D eigenvalue weighted by Crippen LogP contribution is -2.60. The molecule has 1 aromatic carbocycles. The van der Waals surface area contributed by atoms with Gasteiger partial charge in [0.2, 0.25) is 35.4 Å². The maximum absolute atomic E-state index is 14.0. The maximum Gasteiger partial charge on any atom is 0.326 e. The second kappa shape index (κ2) is 29.7. The average Bonchev–Trinajstić information content (AvgIpc) is 3.26. The normalized spacial score (nSPS) is 15.3. The highest BCUT2D eigenvalue weighted by molar-refractivity contribution is 5.97. The first-order valence-electron chi connectivity index (χ1n) is 22.0. The van der Waals surface area contributed by atoms with Crippen molar-refractivity contribution >= 4 is 53.3 Å². The van der Waals surface area contributed by atoms with Crippen LogP contribution < -0.4 is 43.4 Å². The quantitative estimate of drug-likeness (QED) is 0.0239. The zero-order valence-corrected chi connectivity index (χ0v) is 38.2. The number of aliphatic hydroxyl groups is 1. The number of aliphatic carboxylic acids is 2. The van der Waals surface area contributed by atoms with Crippen LogP contribution >= 0.6 is 0 Å². The van der Waals surface area contributed by atoms with Gasteiger partial charge in [0.1, 0.15) is 48.8 Å². The van der Waals surface area contributed by atoms with Gasteiger partial charge in [-0.1, -0.05) is 84.7 Å². The van der Waals surface area contributed by atoms with Crippen LogP contribution in [-0.2, 0) is 49.6 Å². The van der Waals surface area contributed by atoms with Crippen molar-refractivity contribution in [2.24, 2.45) is 29.2 Å². The van der Waals surface area contributed by atoms with Crippen LogP contribution in [0.4, 0.5) is 0 Å². The predicted octanol–water partition coefficient (Wildman–Crippen LogP) is -1.11. The lowest BCUT2D eigenvalue weighted by Gasteiger charge is -2.30. The number of carbonyl (C=O) groups is 9. The molecule has 0 bridgehead atoms. The second-order valence-electron chi connectivity index (χ2n) is 16.6. The Kier molecular flexibility index (Phi) is 26.2. The summed E-state index contributed by atoms with van der Waals surface area (Å²) in [4.78, 5) is 118. The summed E-state index contributed by atoms with van der Waals surface area (Å²) in [5.41, 5.74) is 11.8. The number of amides is 7. The van der Waals surface area contributed by atoms with Crippen LogP contribution in [0.15, 0.2) is 30.3 Å². The fourth-order valence-corrected chi connectivity index (χ4v) is 6.45. The lowest BCUT2D eigenvalue weighted by molar-refractivity contribution is -0.173. The molecule has 0 radical (unpaired) electrons. The first kappa shape index (κ1) is 57.3. The molecule has 0 heterocycles. The lowest BCUT2D eigenvalue weighted by atomic mass is 9.94. The molecule has 22 nitrogen and oxygen atoms in total. The largest absolute Gasteiger partial charge is 0.481 e. The fraction of sp³-hybridized carbons (Fsp3) is 0.651. The van der Waals surface area contributed by atoms with Gasteiger partial charge in [-0.3, -0.25) is 43.6 Å². The van der Waals surface area contributed by atoms with E-state index in [9.17, 15) is 63.7 Å². The van der Waals surface area contributed by atoms with Gasteiger partial charge in [-0.05, 0) is 62.0 Å². The van der Waals surface area contributed by atoms with Crippen molar-refractivity contribution in [2.45, 2.75) is 142 Å². The number of aliphatic hydroxyl groups excluding tert-OH is 1. The van der Waals surface area contributed by atoms with Crippen molar-refractivity contribution in [2.75, 3.05) is 19.7 Å². The van der Waals surface area contributed by atoms with Crippen molar-refractivity contribution in [3.63, 3.8) is 0 Å². The van der Waals surface area contributed by atoms with E-state index in [-0.39, 0.29) is 36.8 Å². The van der Waals surface area contributed by atoms with E-state index in [0.29, 0.717) is 31.2 Å². The minimum absolute atomic E-state index is 0.0291. The number of nitrogens with zero attached hydrogens (tertiary/aromatic N) is 1. The van der Waals surface area contributed by atoms with Crippen LogP contribution in [0.1, 0.15) is 98.5 Å². The van der Waals surface area contributed by atoms with Gasteiger partial charge in [0.25, 0.3) is 5.91 Å². The van der Waals surface area contributed by atoms with E-state index in [2.05, 4.69) is 31.9 Å². The molecule has 22 heteroatoms. The molecule has 0 aliphatic heterocycles. The van der Waals surface area contributed by atoms with Gasteiger partial charge in [0, 0.05) is 12.8 Å². The highest BCUT2D eigenvalue weighted by Gasteiger charge is 2.36. The van der Waals surface area contributed by atoms with E-state index in [0.717, 1.165) is 0 Å². The molecule has 0 fully saturated rings. The molecule has 0 unspecified atom stereocenters. The topological polar surface area (TPSA) is 362 Å². The Morgan fingerprint density at radius 2 is 1.18 bits per heavy atom. The van der Waals surface area contributed by atoms with Crippen LogP contribution in [0.25, 0.3) is 0 Å². The Balaban J connectivity index is 3.42. The predicted molar refractivity (Wildman–Crippen MR) is 236 cm³/mol. The van der Waals surface area contributed by atoms with Crippen LogP contribution in [0.3, 0.4) is 0 Å². The molecular formula is C43H71N9O13. The summed E-state index contributed by atoms with van der Waals surface area (Å²) in [6.45, 7) is 8.86. The number of rotatable bonds is 31. The molecule has 0 saturated heterocycles. The van der Waals surface area contributed by atoms with Crippen LogP contribution in [0.5, 0.6) is 0 Å². The van der Waals surface area contributed by atoms with Gasteiger partial charge < -0.3 is 58.7 Å². The number of unbranched alkanes of at least 4 members (excludes halogenated alkanes) is 1. The highest BCUT2D eigenvalue weighted by atomic mass is 16.5. The van der Waals surface area contributed by atoms with Gasteiger partial charge in [0.15, 0.2) is 0 Å². The minimum Gasteiger partial charge on any atom is -0.481 e. The monoisotopic (exact) mass is 922 g/mol. The van der Waals surface area contributed by atoms with Gasteiger partial charge >= 0.3 is 11.9 Å². The zero-order chi connectivity index (χ0) is 49.4. The third-order valence-corrected chi connectivity index (χ3v) is 10.8. The first-order valence-corrected chi connectivity index (χ1v) is 22.0. The summed E-state index contributed by atoms with van der Waals surface area (Å²) in [5.74, 6) is -10.3. The number of hydrogen-bond acceptors (Lipinski definition) is 13. The number of hydrogen-bond donors (Lipinski definition) is 12. The van der Waals surface area contributed by atoms with E-state index in [1.54, 1.807) is 71.9 Å². The number of carboxylic acids is 2. The Morgan fingerprint density at radius 3 is 1.69 bits per heavy atom. The van der Waals surface area contributed by atoms with Gasteiger partial charge in [-0.2, -0.15) is 0 Å². The van der Waals surface area contributed by atoms with E-state index < -0.39 is 133 Å². The average molecular weight is 922 g/mol. The third kappa shape index (κ3) is 20.8. The Labute approximate surface area is 379 Å². The third-order valence-electron chi connectivity index (χ3n) is 10.8. The molecule has 65 heavy (non-hydrogen) atoms. The zero-order valence-electron chi connectivity index (χ0n) is 38.2. The second-order valence-corrected chi connectivity index (χ2v) is 16.6. The van der Waals surface area contributed by atoms with Gasteiger partial charge in [-0.25, -0.2) is 9.86 Å². The number of carboxylic acid groups (broad SMARTS) is 2. The molecule has 0 aliphatic rings. The molecule has 0 saturated carbocycles. The van der Waals surface area contributed by atoms with Gasteiger partial charge in [-0.15, -0.1) is 0 Å². The summed E-state index contributed by atoms with van der Waals surface area (Å²) in [6.07, 6.45) is 0.417. The Morgan fingerprint density at radius 1 is 0.662 bits per heavy atom. The molecule has 366 valence electrons. The van der Waals surface area contributed by atoms with Crippen LogP contribution in [0, 0.1) is 17.8 Å². The number of nitrogens with two attached hydrogens (primary N) is 2. The first-order chi connectivity index (χ1) is 30.6. The summed E-state index contributed by atoms with van der Waals surface area (Å²) < 4.78 is 0. The summed E-state index contributed by atoms with van der Waals surface area (Å²) in [6, 6.07) is -1.22. The molecule has 0 aromatic heterocycles. The van der Waals surface area contributed by atoms with Crippen molar-refractivity contribution < 1.29 is 63.7 Å². The van der Waals surface area contributed by atoms with Crippen molar-refractivity contribution in [1.82, 2.24) is 37.0 Å². The molecule has 7 amide bonds. The molecule has 14 N–H and O–H groups in total. The Hall–Kier alpha value is -5.71. The molecule has 0 aliphatic carbocycles. The standard InChI is InChI=1S/C43H71N9O13/c1-7-25(5)35(50-37(57)28(45)23-53)41(61)51-36(26(6)8-2)42(62)52(65)22-33(54)46-31(21-27-14-10-9-11-15-27)40(60)48-30(17-18-34(55)56)39(59)47-29(16-12-13-19-44)38(58)49-32(43(63)64)20-24(3)4/h9-11,14-15,24-26,28-32,35-36,53,65H,7-8,12-13,16-23,44-45H2,1-6H3,(H,46,54)(H,47,59)(H,48,60)(H,49,58)(H,50,57)(H,51,61)(H,55,56)(H,63,64)/t25-,26-,28-,29-,30-,31-,32-,35-,36-/m0/s1. The minimum atomic E-state index is -1.58. The highest BCUT2D eigenvalue weighted by Crippen LogP contribution is 2.15.